The summed E-state index contributed by atoms with van der Waals surface area (Å²) < 4.78 is 0. The molecule has 0 heterocycles. The maximum absolute atomic E-state index is 10.6. The molecule has 0 saturated heterocycles. The van der Waals surface area contributed by atoms with Crippen molar-refractivity contribution in [3.8, 4) is 0 Å². The highest BCUT2D eigenvalue weighted by Crippen LogP contribution is 2.22. The molecule has 0 aromatic heterocycles. The minimum atomic E-state index is -0.913. The third-order valence-corrected chi connectivity index (χ3v) is 2.24. The molecule has 0 saturated carbocycles. The van der Waals surface area contributed by atoms with Crippen molar-refractivity contribution in [1.82, 2.24) is 0 Å². The molecule has 0 atom stereocenters. The number of hydrogen-bond donors (Lipinski definition) is 3. The number of carboxylic acids is 1. The summed E-state index contributed by atoms with van der Waals surface area (Å²) in [4.78, 5) is 10.6. The van der Waals surface area contributed by atoms with E-state index in [1.807, 2.05) is 0 Å². The molecule has 0 aliphatic carbocycles. The van der Waals surface area contributed by atoms with E-state index in [9.17, 15) is 4.79 Å². The van der Waals surface area contributed by atoms with Crippen LogP contribution >= 0.6 is 0 Å². The van der Waals surface area contributed by atoms with E-state index in [1.54, 1.807) is 25.1 Å². The van der Waals surface area contributed by atoms with Gasteiger partial charge in [-0.15, -0.1) is 0 Å². The van der Waals surface area contributed by atoms with E-state index in [0.717, 1.165) is 11.3 Å². The Morgan fingerprint density at radius 1 is 1.62 bits per heavy atom. The van der Waals surface area contributed by atoms with Gasteiger partial charge in [-0.25, -0.2) is 5.01 Å². The Hall–Kier alpha value is -2.24. The molecule has 0 aliphatic rings. The van der Waals surface area contributed by atoms with Crippen molar-refractivity contribution >= 4 is 18.0 Å². The van der Waals surface area contributed by atoms with Crippen LogP contribution in [-0.2, 0) is 11.2 Å². The van der Waals surface area contributed by atoms with Gasteiger partial charge in [0.15, 0.2) is 0 Å². The number of rotatable bonds is 5. The fourth-order valence-corrected chi connectivity index (χ4v) is 1.42. The van der Waals surface area contributed by atoms with Crippen molar-refractivity contribution < 1.29 is 9.90 Å². The van der Waals surface area contributed by atoms with Crippen molar-refractivity contribution in [3.63, 3.8) is 0 Å². The molecule has 1 aromatic rings. The molecule has 1 aromatic carbocycles. The van der Waals surface area contributed by atoms with Gasteiger partial charge in [-0.1, -0.05) is 17.4 Å². The van der Waals surface area contributed by atoms with Crippen LogP contribution in [0.2, 0.25) is 0 Å². The summed E-state index contributed by atoms with van der Waals surface area (Å²) in [6.07, 6.45) is 0.823. The molecule has 3 N–H and O–H groups in total. The lowest BCUT2D eigenvalue weighted by Gasteiger charge is -2.15. The first kappa shape index (κ1) is 11.8. The lowest BCUT2D eigenvalue weighted by Crippen LogP contribution is -2.14. The first-order valence-corrected chi connectivity index (χ1v) is 4.57. The highest BCUT2D eigenvalue weighted by atomic mass is 16.4. The summed E-state index contributed by atoms with van der Waals surface area (Å²) in [5.74, 6) is -0.913. The zero-order chi connectivity index (χ0) is 12.1. The van der Waals surface area contributed by atoms with Crippen molar-refractivity contribution in [3.05, 3.63) is 29.3 Å². The molecular weight excluding hydrogens is 208 g/mol. The van der Waals surface area contributed by atoms with E-state index in [-0.39, 0.29) is 6.42 Å². The molecule has 0 fully saturated rings. The molecule has 6 heteroatoms. The van der Waals surface area contributed by atoms with Gasteiger partial charge in [0.1, 0.15) is 6.34 Å². The highest BCUT2D eigenvalue weighted by Gasteiger charge is 2.11. The third kappa shape index (κ3) is 2.41. The number of aliphatic carboxylic acids is 1. The Morgan fingerprint density at radius 2 is 2.31 bits per heavy atom. The maximum atomic E-state index is 10.6. The van der Waals surface area contributed by atoms with Gasteiger partial charge in [0.25, 0.3) is 0 Å². The number of carbonyl (C=O) groups is 1. The predicted octanol–water partition coefficient (Wildman–Crippen LogP) is 1.98. The number of nitrogens with one attached hydrogen (secondary N) is 2. The summed E-state index contributed by atoms with van der Waals surface area (Å²) in [6, 6.07) is 5.07. The Kier molecular flexibility index (Phi) is 3.71. The fraction of sp³-hybridized carbons (Fsp3) is 0.200. The zero-order valence-corrected chi connectivity index (χ0v) is 8.77. The number of benzene rings is 1. The molecule has 0 unspecified atom stereocenters. The topological polar surface area (TPSA) is 101 Å². The maximum Gasteiger partial charge on any atom is 0.307 e. The van der Waals surface area contributed by atoms with E-state index >= 15 is 0 Å². The molecule has 84 valence electrons. The van der Waals surface area contributed by atoms with Gasteiger partial charge in [0.05, 0.1) is 12.1 Å². The number of nitrogens with zero attached hydrogens (tertiary/aromatic N) is 2. The van der Waals surface area contributed by atoms with Crippen molar-refractivity contribution in [2.45, 2.75) is 13.3 Å². The minimum absolute atomic E-state index is 0.0798. The summed E-state index contributed by atoms with van der Waals surface area (Å²) in [5.41, 5.74) is 8.80. The SMILES string of the molecule is Cc1c(CC(=O)O)cccc1N(C=N)N=N. The van der Waals surface area contributed by atoms with Crippen LogP contribution in [0, 0.1) is 17.9 Å². The number of carboxylic acid groups (broad SMARTS) is 1. The molecular formula is C10H12N4O2. The van der Waals surface area contributed by atoms with Crippen LogP contribution < -0.4 is 5.01 Å². The standard InChI is InChI=1S/C10H12N4O2/c1-7-8(5-10(15)16)3-2-4-9(7)14(6-11)13-12/h2-4,6,11-12H,5H2,1H3,(H,15,16). The van der Waals surface area contributed by atoms with Crippen molar-refractivity contribution in [1.29, 1.82) is 10.9 Å². The van der Waals surface area contributed by atoms with Crippen molar-refractivity contribution in [2.75, 3.05) is 5.01 Å². The monoisotopic (exact) mass is 220 g/mol. The highest BCUT2D eigenvalue weighted by molar-refractivity contribution is 5.79. The number of hydrogen-bond acceptors (Lipinski definition) is 4. The van der Waals surface area contributed by atoms with Crippen LogP contribution in [0.5, 0.6) is 0 Å². The Bertz CT molecular complexity index is 423. The largest absolute Gasteiger partial charge is 0.481 e. The molecule has 0 amide bonds. The molecule has 16 heavy (non-hydrogen) atoms. The van der Waals surface area contributed by atoms with E-state index < -0.39 is 5.97 Å². The van der Waals surface area contributed by atoms with Gasteiger partial charge >= 0.3 is 5.97 Å². The average molecular weight is 220 g/mol. The van der Waals surface area contributed by atoms with Crippen LogP contribution in [0.15, 0.2) is 23.4 Å². The second-order valence-electron chi connectivity index (χ2n) is 3.21. The minimum Gasteiger partial charge on any atom is -0.481 e. The lowest BCUT2D eigenvalue weighted by atomic mass is 10.0. The predicted molar refractivity (Wildman–Crippen MR) is 58.9 cm³/mol. The van der Waals surface area contributed by atoms with Gasteiger partial charge in [-0.2, -0.15) is 5.53 Å². The lowest BCUT2D eigenvalue weighted by molar-refractivity contribution is -0.136. The molecule has 0 bridgehead atoms. The van der Waals surface area contributed by atoms with E-state index in [2.05, 4.69) is 5.22 Å². The van der Waals surface area contributed by atoms with Gasteiger partial charge < -0.3 is 5.11 Å². The van der Waals surface area contributed by atoms with E-state index in [0.29, 0.717) is 16.8 Å². The van der Waals surface area contributed by atoms with Crippen LogP contribution in [0.25, 0.3) is 0 Å². The van der Waals surface area contributed by atoms with Crippen LogP contribution in [0.1, 0.15) is 11.1 Å². The Balaban J connectivity index is 3.16. The first-order valence-electron chi connectivity index (χ1n) is 4.57. The third-order valence-electron chi connectivity index (χ3n) is 2.24. The van der Waals surface area contributed by atoms with Crippen LogP contribution in [-0.4, -0.2) is 17.4 Å². The van der Waals surface area contributed by atoms with Gasteiger partial charge in [0.2, 0.25) is 0 Å². The quantitative estimate of drug-likeness (QED) is 0.306. The fourth-order valence-electron chi connectivity index (χ4n) is 1.42. The second-order valence-corrected chi connectivity index (χ2v) is 3.21. The average Bonchev–Trinajstić information content (AvgIpc) is 2.24. The molecule has 0 radical (unpaired) electrons. The molecule has 0 spiro atoms. The number of anilines is 1. The van der Waals surface area contributed by atoms with Gasteiger partial charge in [-0.3, -0.25) is 10.2 Å². The summed E-state index contributed by atoms with van der Waals surface area (Å²) in [7, 11) is 0. The van der Waals surface area contributed by atoms with Crippen molar-refractivity contribution in [2.24, 2.45) is 5.22 Å². The summed E-state index contributed by atoms with van der Waals surface area (Å²) in [5, 5.41) is 20.0. The molecule has 0 aliphatic heterocycles. The molecule has 1 rings (SSSR count). The summed E-state index contributed by atoms with van der Waals surface area (Å²) >= 11 is 0. The van der Waals surface area contributed by atoms with E-state index in [4.69, 9.17) is 16.0 Å². The smallest absolute Gasteiger partial charge is 0.307 e. The first-order chi connectivity index (χ1) is 7.60. The molecule has 6 nitrogen and oxygen atoms in total. The Labute approximate surface area is 92.5 Å². The van der Waals surface area contributed by atoms with Crippen LogP contribution in [0.3, 0.4) is 0 Å². The second kappa shape index (κ2) is 5.01. The van der Waals surface area contributed by atoms with Gasteiger partial charge in [0, 0.05) is 0 Å². The normalized spacial score (nSPS) is 9.56. The zero-order valence-electron chi connectivity index (χ0n) is 8.77. The van der Waals surface area contributed by atoms with Gasteiger partial charge in [-0.05, 0) is 24.1 Å². The summed E-state index contributed by atoms with van der Waals surface area (Å²) in [6.45, 7) is 1.75. The van der Waals surface area contributed by atoms with E-state index in [1.165, 1.54) is 0 Å². The van der Waals surface area contributed by atoms with Crippen LogP contribution in [0.4, 0.5) is 5.69 Å². The Morgan fingerprint density at radius 3 is 2.81 bits per heavy atom.